The largest absolute Gasteiger partial charge is 0.378 e. The Morgan fingerprint density at radius 2 is 1.82 bits per heavy atom. The van der Waals surface area contributed by atoms with Crippen LogP contribution in [0, 0.1) is 29.4 Å². The van der Waals surface area contributed by atoms with Crippen LogP contribution in [-0.2, 0) is 30.7 Å². The number of aromatic nitrogens is 5. The average molecular weight is 727 g/mol. The van der Waals surface area contributed by atoms with Crippen molar-refractivity contribution in [3.05, 3.63) is 99.2 Å². The molecule has 3 atom stereocenters. The molecular weight excluding hydrogens is 698 g/mol. The number of aliphatic hydroxyl groups is 1. The summed E-state index contributed by atoms with van der Waals surface area (Å²) in [7, 11) is 1.70. The summed E-state index contributed by atoms with van der Waals surface area (Å²) >= 11 is 6.47. The fourth-order valence-corrected chi connectivity index (χ4v) is 7.06. The van der Waals surface area contributed by atoms with Gasteiger partial charge in [-0.1, -0.05) is 23.6 Å². The Bertz CT molecular complexity index is 2270. The van der Waals surface area contributed by atoms with Crippen molar-refractivity contribution in [2.24, 2.45) is 13.0 Å². The maximum Gasteiger partial charge on any atom is 0.293 e. The van der Waals surface area contributed by atoms with E-state index in [1.54, 1.807) is 42.2 Å². The molecule has 1 fully saturated rings. The summed E-state index contributed by atoms with van der Waals surface area (Å²) < 4.78 is 89.5. The number of pyridine rings is 1. The third kappa shape index (κ3) is 6.45. The number of nitrogens with one attached hydrogen (secondary N) is 1. The summed E-state index contributed by atoms with van der Waals surface area (Å²) in [5.41, 5.74) is -1.07. The van der Waals surface area contributed by atoms with Gasteiger partial charge in [0.15, 0.2) is 0 Å². The van der Waals surface area contributed by atoms with Crippen molar-refractivity contribution >= 4 is 28.4 Å². The molecule has 3 aromatic heterocycles. The standard InChI is InChI=1S/C36H29ClF6N6O2/c1-35(2,51)9-8-20-4-5-21(22-6-7-26(37)24-15-44-48(3)32(22)24)30(45-20)27(12-17-10-18(38)13-19(39)11-17)46-28(50)16-49-33-29(31(47-49)34(40)41)23-14-25(23)36(33,42)43/h4-7,10-11,13,15,23,25,27,34,51H,12,14,16H2,1-3H3,(H,46,50). The lowest BCUT2D eigenvalue weighted by Gasteiger charge is -2.23. The molecule has 3 unspecified atom stereocenters. The van der Waals surface area contributed by atoms with Crippen LogP contribution in [0.3, 0.4) is 0 Å². The summed E-state index contributed by atoms with van der Waals surface area (Å²) in [6.45, 7) is 2.10. The van der Waals surface area contributed by atoms with Crippen LogP contribution in [0.1, 0.15) is 72.6 Å². The van der Waals surface area contributed by atoms with E-state index in [2.05, 4.69) is 27.4 Å². The minimum absolute atomic E-state index is 0.0552. The van der Waals surface area contributed by atoms with Crippen LogP contribution in [0.5, 0.6) is 0 Å². The van der Waals surface area contributed by atoms with Gasteiger partial charge in [0.2, 0.25) is 5.91 Å². The lowest BCUT2D eigenvalue weighted by Crippen LogP contribution is -2.35. The van der Waals surface area contributed by atoms with Crippen molar-refractivity contribution in [1.82, 2.24) is 29.9 Å². The SMILES string of the molecule is Cn1ncc2c(Cl)ccc(-c3ccc(C#CC(C)(C)O)nc3C(Cc3cc(F)cc(F)c3)NC(=O)Cn3nc(C(F)F)c4c3C(F)(F)C3CC43)c21. The number of amides is 1. The zero-order chi connectivity index (χ0) is 36.6. The fourth-order valence-electron chi connectivity index (χ4n) is 6.86. The highest BCUT2D eigenvalue weighted by Crippen LogP contribution is 2.68. The third-order valence-corrected chi connectivity index (χ3v) is 9.38. The Kier molecular flexibility index (Phi) is 8.42. The average Bonchev–Trinajstić information content (AvgIpc) is 3.53. The molecule has 7 rings (SSSR count). The highest BCUT2D eigenvalue weighted by atomic mass is 35.5. The number of benzene rings is 2. The van der Waals surface area contributed by atoms with Gasteiger partial charge < -0.3 is 10.4 Å². The topological polar surface area (TPSA) is 97.9 Å². The second-order valence-electron chi connectivity index (χ2n) is 13.3. The quantitative estimate of drug-likeness (QED) is 0.131. The molecule has 0 saturated heterocycles. The maximum absolute atomic E-state index is 15.3. The molecule has 0 spiro atoms. The zero-order valence-corrected chi connectivity index (χ0v) is 28.0. The first-order chi connectivity index (χ1) is 24.0. The molecule has 5 aromatic rings. The number of carbonyl (C=O) groups excluding carboxylic acids is 1. The van der Waals surface area contributed by atoms with Crippen LogP contribution in [0.25, 0.3) is 22.0 Å². The highest BCUT2D eigenvalue weighted by molar-refractivity contribution is 6.35. The van der Waals surface area contributed by atoms with Gasteiger partial charge in [0.05, 0.1) is 28.5 Å². The van der Waals surface area contributed by atoms with Crippen LogP contribution < -0.4 is 5.32 Å². The number of rotatable bonds is 8. The van der Waals surface area contributed by atoms with Gasteiger partial charge in [-0.3, -0.25) is 14.2 Å². The van der Waals surface area contributed by atoms with E-state index in [1.165, 1.54) is 13.8 Å². The molecule has 2 aliphatic rings. The summed E-state index contributed by atoms with van der Waals surface area (Å²) in [4.78, 5) is 18.5. The van der Waals surface area contributed by atoms with Crippen molar-refractivity contribution in [3.63, 3.8) is 0 Å². The van der Waals surface area contributed by atoms with Crippen LogP contribution in [0.2, 0.25) is 5.02 Å². The number of aryl methyl sites for hydroxylation is 1. The maximum atomic E-state index is 15.3. The van der Waals surface area contributed by atoms with Crippen molar-refractivity contribution in [1.29, 1.82) is 0 Å². The van der Waals surface area contributed by atoms with Gasteiger partial charge in [-0.15, -0.1) is 0 Å². The number of alkyl halides is 4. The van der Waals surface area contributed by atoms with Crippen LogP contribution in [0.15, 0.2) is 48.7 Å². The normalized spacial score (nSPS) is 18.0. The Morgan fingerprint density at radius 1 is 1.12 bits per heavy atom. The summed E-state index contributed by atoms with van der Waals surface area (Å²) in [5, 5.41) is 22.1. The van der Waals surface area contributed by atoms with Gasteiger partial charge >= 0.3 is 0 Å². The molecule has 0 radical (unpaired) electrons. The lowest BCUT2D eigenvalue weighted by atomic mass is 9.93. The van der Waals surface area contributed by atoms with E-state index in [1.807, 2.05) is 0 Å². The molecule has 0 aliphatic heterocycles. The Hall–Kier alpha value is -4.87. The molecule has 51 heavy (non-hydrogen) atoms. The molecule has 2 aliphatic carbocycles. The Balaban J connectivity index is 1.35. The number of fused-ring (bicyclic) bond motifs is 4. The number of hydrogen-bond acceptors (Lipinski definition) is 5. The van der Waals surface area contributed by atoms with Gasteiger partial charge in [-0.25, -0.2) is 22.5 Å². The van der Waals surface area contributed by atoms with Crippen LogP contribution >= 0.6 is 11.6 Å². The first-order valence-electron chi connectivity index (χ1n) is 15.9. The third-order valence-electron chi connectivity index (χ3n) is 9.05. The number of nitrogens with zero attached hydrogens (tertiary/aromatic N) is 5. The predicted molar refractivity (Wildman–Crippen MR) is 175 cm³/mol. The second-order valence-corrected chi connectivity index (χ2v) is 13.8. The van der Waals surface area contributed by atoms with E-state index in [9.17, 15) is 27.5 Å². The molecule has 2 N–H and O–H groups in total. The minimum atomic E-state index is -3.45. The first kappa shape index (κ1) is 34.6. The smallest absolute Gasteiger partial charge is 0.293 e. The number of halogens is 7. The molecule has 15 heteroatoms. The van der Waals surface area contributed by atoms with Gasteiger partial charge in [0.1, 0.15) is 40.9 Å². The van der Waals surface area contributed by atoms with E-state index in [0.717, 1.165) is 12.1 Å². The van der Waals surface area contributed by atoms with Gasteiger partial charge in [0, 0.05) is 41.1 Å². The fraction of sp³-hybridized carbons (Fsp3) is 0.333. The molecule has 2 aromatic carbocycles. The van der Waals surface area contributed by atoms with E-state index in [4.69, 9.17) is 16.6 Å². The first-order valence-corrected chi connectivity index (χ1v) is 16.3. The summed E-state index contributed by atoms with van der Waals surface area (Å²) in [6.07, 6.45) is -1.75. The summed E-state index contributed by atoms with van der Waals surface area (Å²) in [5.74, 6) is -2.53. The van der Waals surface area contributed by atoms with Crippen molar-refractivity contribution in [2.45, 2.75) is 63.1 Å². The Morgan fingerprint density at radius 3 is 2.51 bits per heavy atom. The Labute approximate surface area is 292 Å². The lowest BCUT2D eigenvalue weighted by molar-refractivity contribution is -0.123. The predicted octanol–water partition coefficient (Wildman–Crippen LogP) is 7.13. The molecule has 264 valence electrons. The zero-order valence-electron chi connectivity index (χ0n) is 27.3. The molecular formula is C36H29ClF6N6O2. The van der Waals surface area contributed by atoms with Crippen molar-refractivity contribution < 1.29 is 36.2 Å². The van der Waals surface area contributed by atoms with E-state index in [0.29, 0.717) is 37.8 Å². The monoisotopic (exact) mass is 726 g/mol. The van der Waals surface area contributed by atoms with E-state index >= 15 is 8.78 Å². The molecule has 3 heterocycles. The number of carbonyl (C=O) groups is 1. The van der Waals surface area contributed by atoms with Crippen molar-refractivity contribution in [3.8, 4) is 23.0 Å². The number of hydrogen-bond donors (Lipinski definition) is 2. The van der Waals surface area contributed by atoms with Crippen LogP contribution in [0.4, 0.5) is 26.3 Å². The van der Waals surface area contributed by atoms with Crippen LogP contribution in [-0.4, -0.2) is 41.2 Å². The molecule has 1 amide bonds. The highest BCUT2D eigenvalue weighted by Gasteiger charge is 2.67. The van der Waals surface area contributed by atoms with E-state index < -0.39 is 71.3 Å². The molecule has 0 bridgehead atoms. The van der Waals surface area contributed by atoms with Gasteiger partial charge in [-0.2, -0.15) is 19.0 Å². The minimum Gasteiger partial charge on any atom is -0.378 e. The molecule has 1 saturated carbocycles. The molecule has 8 nitrogen and oxygen atoms in total. The summed E-state index contributed by atoms with van der Waals surface area (Å²) in [6, 6.07) is 8.25. The van der Waals surface area contributed by atoms with E-state index in [-0.39, 0.29) is 35.4 Å². The second kappa shape index (κ2) is 12.4. The van der Waals surface area contributed by atoms with Crippen molar-refractivity contribution in [2.75, 3.05) is 0 Å². The van der Waals surface area contributed by atoms with Gasteiger partial charge in [0.25, 0.3) is 12.3 Å². The van der Waals surface area contributed by atoms with Gasteiger partial charge in [-0.05, 0) is 74.4 Å².